The molecule has 0 amide bonds. The van der Waals surface area contributed by atoms with Crippen LogP contribution in [0.4, 0.5) is 0 Å². The van der Waals surface area contributed by atoms with Crippen LogP contribution in [0.3, 0.4) is 0 Å². The molecule has 0 radical (unpaired) electrons. The molecule has 5 nitrogen and oxygen atoms in total. The van der Waals surface area contributed by atoms with Gasteiger partial charge in [0.1, 0.15) is 5.52 Å². The van der Waals surface area contributed by atoms with Crippen LogP contribution in [0.25, 0.3) is 11.0 Å². The Labute approximate surface area is 105 Å². The Balaban J connectivity index is 2.47. The number of hydrogen-bond donors (Lipinski definition) is 1. The summed E-state index contributed by atoms with van der Waals surface area (Å²) in [5, 5.41) is 0. The minimum Gasteiger partial charge on any atom is -0.332 e. The average Bonchev–Trinajstić information content (AvgIpc) is 2.58. The zero-order valence-electron chi connectivity index (χ0n) is 9.20. The van der Waals surface area contributed by atoms with Crippen molar-refractivity contribution in [2.24, 2.45) is 0 Å². The molecule has 0 bridgehead atoms. The largest absolute Gasteiger partial charge is 0.360 e. The minimum atomic E-state index is -0.462. The van der Waals surface area contributed by atoms with Crippen molar-refractivity contribution >= 4 is 32.9 Å². The van der Waals surface area contributed by atoms with E-state index >= 15 is 0 Å². The Kier molecular flexibility index (Phi) is 3.33. The Morgan fingerprint density at radius 1 is 1.53 bits per heavy atom. The number of aromatic amines is 1. The summed E-state index contributed by atoms with van der Waals surface area (Å²) in [6.07, 6.45) is 0.965. The normalized spacial score (nSPS) is 10.7. The summed E-state index contributed by atoms with van der Waals surface area (Å²) in [4.78, 5) is 30.7. The van der Waals surface area contributed by atoms with Crippen molar-refractivity contribution in [2.45, 2.75) is 19.8 Å². The Hall–Kier alpha value is -1.56. The number of halogens is 1. The Morgan fingerprint density at radius 3 is 3.00 bits per heavy atom. The zero-order valence-corrected chi connectivity index (χ0v) is 10.8. The van der Waals surface area contributed by atoms with E-state index in [-0.39, 0.29) is 6.42 Å². The maximum Gasteiger partial charge on any atom is 0.360 e. The monoisotopic (exact) mass is 298 g/mol. The van der Waals surface area contributed by atoms with Crippen molar-refractivity contribution in [3.8, 4) is 0 Å². The molecule has 0 aliphatic rings. The summed E-state index contributed by atoms with van der Waals surface area (Å²) < 4.78 is 1.73. The first kappa shape index (κ1) is 11.9. The van der Waals surface area contributed by atoms with Gasteiger partial charge in [-0.05, 0) is 34.5 Å². The van der Waals surface area contributed by atoms with Crippen LogP contribution in [0.2, 0.25) is 0 Å². The molecule has 1 heterocycles. The molecule has 0 atom stereocenters. The quantitative estimate of drug-likeness (QED) is 0.940. The fourth-order valence-electron chi connectivity index (χ4n) is 1.52. The molecule has 2 aromatic rings. The van der Waals surface area contributed by atoms with Crippen LogP contribution in [0.15, 0.2) is 27.5 Å². The molecule has 0 aliphatic carbocycles. The molecule has 1 aromatic heterocycles. The maximum atomic E-state index is 11.6. The fraction of sp³-hybridized carbons (Fsp3) is 0.273. The van der Waals surface area contributed by atoms with Gasteiger partial charge in [-0.15, -0.1) is 4.73 Å². The van der Waals surface area contributed by atoms with E-state index in [1.165, 1.54) is 0 Å². The Bertz CT molecular complexity index is 615. The van der Waals surface area contributed by atoms with E-state index in [0.717, 1.165) is 9.20 Å². The van der Waals surface area contributed by atoms with Gasteiger partial charge in [0.15, 0.2) is 0 Å². The third-order valence-corrected chi connectivity index (χ3v) is 2.93. The number of para-hydroxylation sites is 1. The number of nitrogens with zero attached hydrogens (tertiary/aromatic N) is 1. The number of hydrogen-bond acceptors (Lipinski definition) is 3. The van der Waals surface area contributed by atoms with Crippen molar-refractivity contribution in [3.05, 3.63) is 33.2 Å². The van der Waals surface area contributed by atoms with E-state index < -0.39 is 11.7 Å². The molecule has 0 fully saturated rings. The van der Waals surface area contributed by atoms with E-state index in [9.17, 15) is 9.59 Å². The molecule has 0 aliphatic heterocycles. The van der Waals surface area contributed by atoms with Gasteiger partial charge in [0, 0.05) is 10.9 Å². The molecule has 0 spiro atoms. The molecule has 6 heteroatoms. The molecule has 0 saturated carbocycles. The van der Waals surface area contributed by atoms with Gasteiger partial charge in [-0.3, -0.25) is 0 Å². The van der Waals surface area contributed by atoms with Crippen LogP contribution in [0.1, 0.15) is 19.8 Å². The summed E-state index contributed by atoms with van der Waals surface area (Å²) >= 11 is 3.32. The van der Waals surface area contributed by atoms with Crippen molar-refractivity contribution < 1.29 is 9.63 Å². The summed E-state index contributed by atoms with van der Waals surface area (Å²) in [6, 6.07) is 5.28. The van der Waals surface area contributed by atoms with Crippen LogP contribution >= 0.6 is 15.9 Å². The van der Waals surface area contributed by atoms with Gasteiger partial charge in [-0.2, -0.15) is 0 Å². The summed E-state index contributed by atoms with van der Waals surface area (Å²) in [6.45, 7) is 1.87. The highest BCUT2D eigenvalue weighted by atomic mass is 79.9. The third kappa shape index (κ3) is 2.26. The number of benzene rings is 1. The third-order valence-electron chi connectivity index (χ3n) is 2.27. The van der Waals surface area contributed by atoms with Crippen LogP contribution < -0.4 is 10.5 Å². The topological polar surface area (TPSA) is 64.1 Å². The standard InChI is InChI=1S/C11H11BrN2O3/c1-2-4-9(15)17-14-8-6-3-5-7(12)10(8)13-11(14)16/h3,5-6H,2,4H2,1H3,(H,13,16). The van der Waals surface area contributed by atoms with Gasteiger partial charge < -0.3 is 9.82 Å². The van der Waals surface area contributed by atoms with Crippen molar-refractivity contribution in [3.63, 3.8) is 0 Å². The second-order valence-electron chi connectivity index (χ2n) is 3.57. The maximum absolute atomic E-state index is 11.6. The number of carbonyl (C=O) groups is 1. The minimum absolute atomic E-state index is 0.285. The van der Waals surface area contributed by atoms with E-state index in [1.807, 2.05) is 6.92 Å². The van der Waals surface area contributed by atoms with Crippen LogP contribution in [0.5, 0.6) is 0 Å². The van der Waals surface area contributed by atoms with Crippen molar-refractivity contribution in [1.82, 2.24) is 9.71 Å². The molecule has 0 saturated heterocycles. The lowest BCUT2D eigenvalue weighted by Crippen LogP contribution is -2.28. The molecular weight excluding hydrogens is 288 g/mol. The highest BCUT2D eigenvalue weighted by Crippen LogP contribution is 2.20. The van der Waals surface area contributed by atoms with Crippen LogP contribution in [0, 0.1) is 0 Å². The lowest BCUT2D eigenvalue weighted by molar-refractivity contribution is -0.144. The van der Waals surface area contributed by atoms with Gasteiger partial charge in [0.2, 0.25) is 0 Å². The predicted octanol–water partition coefficient (Wildman–Crippen LogP) is 1.85. The van der Waals surface area contributed by atoms with E-state index in [4.69, 9.17) is 4.84 Å². The first-order valence-electron chi connectivity index (χ1n) is 5.24. The summed E-state index contributed by atoms with van der Waals surface area (Å²) in [7, 11) is 0. The average molecular weight is 299 g/mol. The molecule has 2 rings (SSSR count). The highest BCUT2D eigenvalue weighted by Gasteiger charge is 2.12. The first-order valence-corrected chi connectivity index (χ1v) is 6.03. The smallest absolute Gasteiger partial charge is 0.332 e. The Morgan fingerprint density at radius 2 is 2.29 bits per heavy atom. The van der Waals surface area contributed by atoms with E-state index in [1.54, 1.807) is 18.2 Å². The highest BCUT2D eigenvalue weighted by molar-refractivity contribution is 9.10. The number of imidazole rings is 1. The van der Waals surface area contributed by atoms with E-state index in [0.29, 0.717) is 17.5 Å². The molecule has 1 N–H and O–H groups in total. The van der Waals surface area contributed by atoms with Gasteiger partial charge in [0.25, 0.3) is 0 Å². The fourth-order valence-corrected chi connectivity index (χ4v) is 1.97. The molecule has 0 unspecified atom stereocenters. The lowest BCUT2D eigenvalue weighted by atomic mass is 10.3. The molecule has 17 heavy (non-hydrogen) atoms. The number of fused-ring (bicyclic) bond motifs is 1. The second-order valence-corrected chi connectivity index (χ2v) is 4.43. The zero-order chi connectivity index (χ0) is 12.4. The van der Waals surface area contributed by atoms with Crippen LogP contribution in [-0.2, 0) is 4.79 Å². The first-order chi connectivity index (χ1) is 8.13. The van der Waals surface area contributed by atoms with E-state index in [2.05, 4.69) is 20.9 Å². The number of nitrogens with one attached hydrogen (secondary N) is 1. The molecule has 1 aromatic carbocycles. The number of rotatable bonds is 3. The number of carbonyl (C=O) groups excluding carboxylic acids is 1. The lowest BCUT2D eigenvalue weighted by Gasteiger charge is -2.03. The summed E-state index contributed by atoms with van der Waals surface area (Å²) in [5.41, 5.74) is 0.687. The van der Waals surface area contributed by atoms with Gasteiger partial charge in [-0.25, -0.2) is 9.59 Å². The van der Waals surface area contributed by atoms with Gasteiger partial charge >= 0.3 is 11.7 Å². The SMILES string of the molecule is CCCC(=O)On1c(=O)[nH]c2c(Br)cccc21. The van der Waals surface area contributed by atoms with Crippen molar-refractivity contribution in [2.75, 3.05) is 0 Å². The van der Waals surface area contributed by atoms with Crippen molar-refractivity contribution in [1.29, 1.82) is 0 Å². The van der Waals surface area contributed by atoms with Gasteiger partial charge in [-0.1, -0.05) is 13.0 Å². The second kappa shape index (κ2) is 4.75. The van der Waals surface area contributed by atoms with Crippen LogP contribution in [-0.4, -0.2) is 15.7 Å². The number of aromatic nitrogens is 2. The number of H-pyrrole nitrogens is 1. The molecule has 90 valence electrons. The summed E-state index contributed by atoms with van der Waals surface area (Å²) in [5.74, 6) is -0.421. The predicted molar refractivity (Wildman–Crippen MR) is 66.8 cm³/mol. The van der Waals surface area contributed by atoms with Gasteiger partial charge in [0.05, 0.1) is 5.52 Å². The molecular formula is C11H11BrN2O3.